The van der Waals surface area contributed by atoms with E-state index in [4.69, 9.17) is 10.00 Å². The molecule has 0 radical (unpaired) electrons. The van der Waals surface area contributed by atoms with Gasteiger partial charge >= 0.3 is 0 Å². The van der Waals surface area contributed by atoms with E-state index in [1.54, 1.807) is 0 Å². The largest absolute Gasteiger partial charge is 0.374 e. The molecular formula is C11H20N2O2. The number of carbonyl (C=O) groups is 1. The molecule has 0 saturated carbocycles. The molecule has 0 rings (SSSR count). The average molecular weight is 212 g/mol. The van der Waals surface area contributed by atoms with Gasteiger partial charge in [0.25, 0.3) is 0 Å². The minimum absolute atomic E-state index is 0.215. The van der Waals surface area contributed by atoms with Crippen LogP contribution in [0.15, 0.2) is 0 Å². The fraction of sp³-hybridized carbons (Fsp3) is 0.818. The van der Waals surface area contributed by atoms with Gasteiger partial charge in [-0.1, -0.05) is 6.92 Å². The van der Waals surface area contributed by atoms with Crippen molar-refractivity contribution in [3.63, 3.8) is 0 Å². The van der Waals surface area contributed by atoms with Crippen LogP contribution in [0, 0.1) is 17.2 Å². The lowest BCUT2D eigenvalue weighted by Crippen LogP contribution is -2.42. The number of nitriles is 1. The zero-order valence-corrected chi connectivity index (χ0v) is 9.96. The summed E-state index contributed by atoms with van der Waals surface area (Å²) < 4.78 is 5.43. The van der Waals surface area contributed by atoms with E-state index >= 15 is 0 Å². The number of nitrogens with one attached hydrogen (secondary N) is 1. The Balaban J connectivity index is 4.05. The second-order valence-electron chi connectivity index (χ2n) is 4.00. The molecule has 0 aliphatic heterocycles. The summed E-state index contributed by atoms with van der Waals surface area (Å²) in [5.74, 6) is -0.768. The molecule has 0 fully saturated rings. The molecule has 0 bridgehead atoms. The van der Waals surface area contributed by atoms with Crippen molar-refractivity contribution in [2.24, 2.45) is 5.92 Å². The van der Waals surface area contributed by atoms with Gasteiger partial charge in [-0.2, -0.15) is 5.26 Å². The van der Waals surface area contributed by atoms with Crippen LogP contribution in [0.5, 0.6) is 0 Å². The molecule has 1 unspecified atom stereocenters. The highest BCUT2D eigenvalue weighted by Gasteiger charge is 2.21. The summed E-state index contributed by atoms with van der Waals surface area (Å²) in [4.78, 5) is 11.5. The Labute approximate surface area is 91.6 Å². The standard InChI is InChI=1S/C11H20N2O2/c1-5-9(7-12)10(14)13-8-11(3,4)15-6-2/h9H,5-6,8H2,1-4H3,(H,13,14). The Bertz CT molecular complexity index is 243. The van der Waals surface area contributed by atoms with Crippen LogP contribution in [0.1, 0.15) is 34.1 Å². The van der Waals surface area contributed by atoms with Gasteiger partial charge in [-0.05, 0) is 27.2 Å². The zero-order chi connectivity index (χ0) is 11.9. The van der Waals surface area contributed by atoms with E-state index in [0.717, 1.165) is 0 Å². The van der Waals surface area contributed by atoms with Crippen LogP contribution in [0.4, 0.5) is 0 Å². The lowest BCUT2D eigenvalue weighted by atomic mass is 10.1. The van der Waals surface area contributed by atoms with Crippen molar-refractivity contribution in [3.8, 4) is 6.07 Å². The predicted molar refractivity (Wildman–Crippen MR) is 58.1 cm³/mol. The number of hydrogen-bond donors (Lipinski definition) is 1. The number of carbonyl (C=O) groups excluding carboxylic acids is 1. The number of ether oxygens (including phenoxy) is 1. The van der Waals surface area contributed by atoms with Gasteiger partial charge in [0, 0.05) is 13.2 Å². The van der Waals surface area contributed by atoms with Gasteiger partial charge in [-0.25, -0.2) is 0 Å². The third-order valence-electron chi connectivity index (χ3n) is 2.10. The molecule has 0 aromatic rings. The maximum absolute atomic E-state index is 11.5. The Morgan fingerprint density at radius 3 is 2.53 bits per heavy atom. The Hall–Kier alpha value is -1.08. The maximum atomic E-state index is 11.5. The van der Waals surface area contributed by atoms with Gasteiger partial charge in [-0.15, -0.1) is 0 Å². The van der Waals surface area contributed by atoms with Crippen molar-refractivity contribution in [1.29, 1.82) is 5.26 Å². The van der Waals surface area contributed by atoms with E-state index in [2.05, 4.69) is 5.32 Å². The van der Waals surface area contributed by atoms with Crippen LogP contribution in [0.3, 0.4) is 0 Å². The van der Waals surface area contributed by atoms with Gasteiger partial charge < -0.3 is 10.1 Å². The number of hydrogen-bond acceptors (Lipinski definition) is 3. The monoisotopic (exact) mass is 212 g/mol. The van der Waals surface area contributed by atoms with Gasteiger partial charge in [0.2, 0.25) is 5.91 Å². The summed E-state index contributed by atoms with van der Waals surface area (Å²) in [5.41, 5.74) is -0.377. The molecular weight excluding hydrogens is 192 g/mol. The highest BCUT2D eigenvalue weighted by molar-refractivity contribution is 5.80. The van der Waals surface area contributed by atoms with Crippen LogP contribution >= 0.6 is 0 Å². The first-order valence-corrected chi connectivity index (χ1v) is 5.28. The molecule has 86 valence electrons. The molecule has 0 aliphatic carbocycles. The quantitative estimate of drug-likeness (QED) is 0.725. The molecule has 1 amide bonds. The Morgan fingerprint density at radius 1 is 1.53 bits per heavy atom. The summed E-state index contributed by atoms with van der Waals surface area (Å²) in [6.07, 6.45) is 0.539. The molecule has 4 heteroatoms. The van der Waals surface area contributed by atoms with Crippen molar-refractivity contribution in [1.82, 2.24) is 5.32 Å². The summed E-state index contributed by atoms with van der Waals surface area (Å²) in [5, 5.41) is 11.4. The van der Waals surface area contributed by atoms with Gasteiger partial charge in [0.05, 0.1) is 11.7 Å². The molecule has 0 spiro atoms. The van der Waals surface area contributed by atoms with E-state index in [1.807, 2.05) is 33.8 Å². The molecule has 0 heterocycles. The van der Waals surface area contributed by atoms with E-state index in [0.29, 0.717) is 19.6 Å². The topological polar surface area (TPSA) is 62.1 Å². The fourth-order valence-corrected chi connectivity index (χ4v) is 1.20. The van der Waals surface area contributed by atoms with Gasteiger partial charge in [0.1, 0.15) is 5.92 Å². The summed E-state index contributed by atoms with van der Waals surface area (Å²) in [6.45, 7) is 8.58. The van der Waals surface area contributed by atoms with Crippen molar-refractivity contribution in [3.05, 3.63) is 0 Å². The van der Waals surface area contributed by atoms with Gasteiger partial charge in [-0.3, -0.25) is 4.79 Å². The third-order valence-corrected chi connectivity index (χ3v) is 2.10. The fourth-order valence-electron chi connectivity index (χ4n) is 1.20. The first-order chi connectivity index (χ1) is 6.96. The lowest BCUT2D eigenvalue weighted by Gasteiger charge is -2.25. The van der Waals surface area contributed by atoms with Crippen LogP contribution in [-0.2, 0) is 9.53 Å². The molecule has 0 aromatic heterocycles. The van der Waals surface area contributed by atoms with Crippen LogP contribution in [-0.4, -0.2) is 24.7 Å². The third kappa shape index (κ3) is 5.38. The number of nitrogens with zero attached hydrogens (tertiary/aromatic N) is 1. The molecule has 15 heavy (non-hydrogen) atoms. The summed E-state index contributed by atoms with van der Waals surface area (Å²) >= 11 is 0. The molecule has 4 nitrogen and oxygen atoms in total. The zero-order valence-electron chi connectivity index (χ0n) is 9.96. The highest BCUT2D eigenvalue weighted by Crippen LogP contribution is 2.08. The second-order valence-corrected chi connectivity index (χ2v) is 4.00. The molecule has 0 aromatic carbocycles. The first kappa shape index (κ1) is 13.9. The van der Waals surface area contributed by atoms with E-state index in [1.165, 1.54) is 0 Å². The molecule has 0 saturated heterocycles. The van der Waals surface area contributed by atoms with E-state index in [-0.39, 0.29) is 11.5 Å². The minimum Gasteiger partial charge on any atom is -0.374 e. The summed E-state index contributed by atoms with van der Waals surface area (Å²) in [7, 11) is 0. The van der Waals surface area contributed by atoms with Crippen molar-refractivity contribution in [2.45, 2.75) is 39.7 Å². The molecule has 0 aliphatic rings. The predicted octanol–water partition coefficient (Wildman–Crippen LogP) is 1.47. The van der Waals surface area contributed by atoms with E-state index in [9.17, 15) is 4.79 Å². The maximum Gasteiger partial charge on any atom is 0.237 e. The highest BCUT2D eigenvalue weighted by atomic mass is 16.5. The Morgan fingerprint density at radius 2 is 2.13 bits per heavy atom. The molecule has 1 N–H and O–H groups in total. The normalized spacial score (nSPS) is 13.0. The van der Waals surface area contributed by atoms with Crippen LogP contribution < -0.4 is 5.32 Å². The van der Waals surface area contributed by atoms with Crippen molar-refractivity contribution < 1.29 is 9.53 Å². The second kappa shape index (κ2) is 6.41. The van der Waals surface area contributed by atoms with Crippen molar-refractivity contribution in [2.75, 3.05) is 13.2 Å². The minimum atomic E-state index is -0.553. The molecule has 1 atom stereocenters. The van der Waals surface area contributed by atoms with Crippen LogP contribution in [0.2, 0.25) is 0 Å². The average Bonchev–Trinajstić information content (AvgIpc) is 2.17. The van der Waals surface area contributed by atoms with Crippen LogP contribution in [0.25, 0.3) is 0 Å². The smallest absolute Gasteiger partial charge is 0.237 e. The first-order valence-electron chi connectivity index (χ1n) is 5.28. The van der Waals surface area contributed by atoms with Gasteiger partial charge in [0.15, 0.2) is 0 Å². The lowest BCUT2D eigenvalue weighted by molar-refractivity contribution is -0.125. The number of rotatable bonds is 6. The van der Waals surface area contributed by atoms with E-state index < -0.39 is 5.92 Å². The van der Waals surface area contributed by atoms with Crippen molar-refractivity contribution >= 4 is 5.91 Å². The summed E-state index contributed by atoms with van der Waals surface area (Å²) in [6, 6.07) is 1.97. The Kier molecular flexibility index (Phi) is 5.95. The SMILES string of the molecule is CCOC(C)(C)CNC(=O)C(C#N)CC. The number of amides is 1.